The van der Waals surface area contributed by atoms with Gasteiger partial charge in [-0.3, -0.25) is 0 Å². The van der Waals surface area contributed by atoms with Crippen LogP contribution in [0.5, 0.6) is 5.75 Å². The van der Waals surface area contributed by atoms with Crippen molar-refractivity contribution in [2.24, 2.45) is 0 Å². The zero-order valence-corrected chi connectivity index (χ0v) is 17.3. The van der Waals surface area contributed by atoms with Gasteiger partial charge in [-0.25, -0.2) is 0 Å². The summed E-state index contributed by atoms with van der Waals surface area (Å²) in [6.45, 7) is 2.19. The van der Waals surface area contributed by atoms with Crippen molar-refractivity contribution in [3.05, 3.63) is 75.8 Å². The maximum atomic E-state index is 8.89. The number of aliphatic hydroxyl groups is 1. The quantitative estimate of drug-likeness (QED) is 0.398. The predicted octanol–water partition coefficient (Wildman–Crippen LogP) is 5.98. The molecule has 5 heteroatoms. The lowest BCUT2D eigenvalue weighted by molar-refractivity contribution is 0.282. The molecule has 0 aliphatic carbocycles. The number of rotatable bonds is 10. The van der Waals surface area contributed by atoms with E-state index in [0.717, 1.165) is 42.7 Å². The molecule has 0 bridgehead atoms. The standard InChI is InChI=1S/C23H25Cl2NO2/c24-21-9-6-10-22(25)20(21)16-28-23-12-11-17-7-2-3-8-18(17)19(23)15-26-13-4-1-5-14-27/h2-3,6-12,26-27H,1,4-5,13-16H2. The highest BCUT2D eigenvalue weighted by molar-refractivity contribution is 6.35. The molecular formula is C23H25Cl2NO2. The summed E-state index contributed by atoms with van der Waals surface area (Å²) in [7, 11) is 0. The van der Waals surface area contributed by atoms with E-state index >= 15 is 0 Å². The van der Waals surface area contributed by atoms with E-state index in [1.165, 1.54) is 10.8 Å². The van der Waals surface area contributed by atoms with Crippen LogP contribution in [-0.4, -0.2) is 18.3 Å². The minimum absolute atomic E-state index is 0.256. The van der Waals surface area contributed by atoms with Gasteiger partial charge >= 0.3 is 0 Å². The Bertz CT molecular complexity index is 894. The number of fused-ring (bicyclic) bond motifs is 1. The van der Waals surface area contributed by atoms with Gasteiger partial charge in [-0.1, -0.05) is 59.6 Å². The third-order valence-corrected chi connectivity index (χ3v) is 5.45. The summed E-state index contributed by atoms with van der Waals surface area (Å²) in [5.41, 5.74) is 1.92. The first-order valence-electron chi connectivity index (χ1n) is 9.58. The van der Waals surface area contributed by atoms with E-state index in [-0.39, 0.29) is 6.61 Å². The fraction of sp³-hybridized carbons (Fsp3) is 0.304. The number of nitrogens with one attached hydrogen (secondary N) is 1. The summed E-state index contributed by atoms with van der Waals surface area (Å²) < 4.78 is 6.15. The van der Waals surface area contributed by atoms with E-state index in [0.29, 0.717) is 23.2 Å². The second kappa shape index (κ2) is 10.7. The Hall–Kier alpha value is -1.78. The fourth-order valence-corrected chi connectivity index (χ4v) is 3.71. The Balaban J connectivity index is 1.77. The van der Waals surface area contributed by atoms with Gasteiger partial charge in [0, 0.05) is 34.3 Å². The van der Waals surface area contributed by atoms with Gasteiger partial charge in [0.1, 0.15) is 12.4 Å². The van der Waals surface area contributed by atoms with Crippen LogP contribution in [0.15, 0.2) is 54.6 Å². The number of hydrogen-bond acceptors (Lipinski definition) is 3. The molecule has 28 heavy (non-hydrogen) atoms. The first-order valence-corrected chi connectivity index (χ1v) is 10.3. The molecule has 3 aromatic carbocycles. The van der Waals surface area contributed by atoms with Crippen molar-refractivity contribution >= 4 is 34.0 Å². The Morgan fingerprint density at radius 2 is 1.61 bits per heavy atom. The summed E-state index contributed by atoms with van der Waals surface area (Å²) >= 11 is 12.6. The molecule has 3 rings (SSSR count). The Kier molecular flexibility index (Phi) is 7.99. The van der Waals surface area contributed by atoms with Gasteiger partial charge in [0.05, 0.1) is 0 Å². The Morgan fingerprint density at radius 3 is 2.39 bits per heavy atom. The number of unbranched alkanes of at least 4 members (excludes halogenated alkanes) is 2. The lowest BCUT2D eigenvalue weighted by atomic mass is 10.0. The molecular weight excluding hydrogens is 393 g/mol. The van der Waals surface area contributed by atoms with E-state index in [1.54, 1.807) is 0 Å². The van der Waals surface area contributed by atoms with Crippen molar-refractivity contribution < 1.29 is 9.84 Å². The first-order chi connectivity index (χ1) is 13.7. The molecule has 0 radical (unpaired) electrons. The minimum atomic E-state index is 0.256. The minimum Gasteiger partial charge on any atom is -0.488 e. The number of hydrogen-bond donors (Lipinski definition) is 2. The van der Waals surface area contributed by atoms with Crippen molar-refractivity contribution in [3.8, 4) is 5.75 Å². The highest BCUT2D eigenvalue weighted by Gasteiger charge is 2.11. The molecule has 0 heterocycles. The van der Waals surface area contributed by atoms with Gasteiger partial charge in [0.2, 0.25) is 0 Å². The van der Waals surface area contributed by atoms with Gasteiger partial charge in [-0.2, -0.15) is 0 Å². The van der Waals surface area contributed by atoms with Crippen LogP contribution in [0.3, 0.4) is 0 Å². The highest BCUT2D eigenvalue weighted by Crippen LogP contribution is 2.31. The van der Waals surface area contributed by atoms with Crippen LogP contribution >= 0.6 is 23.2 Å². The molecule has 0 aromatic heterocycles. The topological polar surface area (TPSA) is 41.5 Å². The van der Waals surface area contributed by atoms with Crippen LogP contribution in [0.25, 0.3) is 10.8 Å². The van der Waals surface area contributed by atoms with Crippen molar-refractivity contribution in [2.75, 3.05) is 13.2 Å². The number of benzene rings is 3. The average Bonchev–Trinajstić information content (AvgIpc) is 2.71. The molecule has 0 spiro atoms. The monoisotopic (exact) mass is 417 g/mol. The molecule has 0 unspecified atom stereocenters. The normalized spacial score (nSPS) is 11.1. The van der Waals surface area contributed by atoms with Crippen LogP contribution in [0, 0.1) is 0 Å². The second-order valence-corrected chi connectivity index (χ2v) is 7.53. The second-order valence-electron chi connectivity index (χ2n) is 6.71. The van der Waals surface area contributed by atoms with E-state index in [9.17, 15) is 0 Å². The van der Waals surface area contributed by atoms with Crippen LogP contribution in [0.4, 0.5) is 0 Å². The molecule has 0 atom stereocenters. The molecule has 2 N–H and O–H groups in total. The highest BCUT2D eigenvalue weighted by atomic mass is 35.5. The van der Waals surface area contributed by atoms with Gasteiger partial charge in [-0.15, -0.1) is 0 Å². The SMILES string of the molecule is OCCCCCNCc1c(OCc2c(Cl)cccc2Cl)ccc2ccccc12. The maximum Gasteiger partial charge on any atom is 0.124 e. The molecule has 0 aliphatic heterocycles. The lowest BCUT2D eigenvalue weighted by Crippen LogP contribution is -2.16. The first kappa shape index (κ1) is 20.9. The molecule has 0 fully saturated rings. The average molecular weight is 418 g/mol. The molecule has 0 saturated carbocycles. The van der Waals surface area contributed by atoms with Gasteiger partial charge in [-0.05, 0) is 54.8 Å². The number of aliphatic hydroxyl groups excluding tert-OH is 1. The van der Waals surface area contributed by atoms with Crippen molar-refractivity contribution in [1.82, 2.24) is 5.32 Å². The summed E-state index contributed by atoms with van der Waals surface area (Å²) in [5, 5.41) is 16.0. The van der Waals surface area contributed by atoms with Gasteiger partial charge in [0.15, 0.2) is 0 Å². The largest absolute Gasteiger partial charge is 0.488 e. The predicted molar refractivity (Wildman–Crippen MR) is 117 cm³/mol. The zero-order chi connectivity index (χ0) is 19.8. The third kappa shape index (κ3) is 5.39. The van der Waals surface area contributed by atoms with Gasteiger partial charge in [0.25, 0.3) is 0 Å². The molecule has 0 saturated heterocycles. The van der Waals surface area contributed by atoms with E-state index in [1.807, 2.05) is 36.4 Å². The molecule has 0 aliphatic rings. The van der Waals surface area contributed by atoms with Crippen molar-refractivity contribution in [1.29, 1.82) is 0 Å². The van der Waals surface area contributed by atoms with Crippen molar-refractivity contribution in [2.45, 2.75) is 32.4 Å². The molecule has 3 nitrogen and oxygen atoms in total. The Labute approximate surface area is 176 Å². The smallest absolute Gasteiger partial charge is 0.124 e. The summed E-state index contributed by atoms with van der Waals surface area (Å²) in [5.74, 6) is 0.831. The Morgan fingerprint density at radius 1 is 0.821 bits per heavy atom. The van der Waals surface area contributed by atoms with Crippen LogP contribution in [-0.2, 0) is 13.2 Å². The van der Waals surface area contributed by atoms with Crippen LogP contribution in [0.1, 0.15) is 30.4 Å². The van der Waals surface area contributed by atoms with Crippen molar-refractivity contribution in [3.63, 3.8) is 0 Å². The fourth-order valence-electron chi connectivity index (χ4n) is 3.21. The van der Waals surface area contributed by atoms with E-state index < -0.39 is 0 Å². The lowest BCUT2D eigenvalue weighted by Gasteiger charge is -2.16. The maximum absolute atomic E-state index is 8.89. The van der Waals surface area contributed by atoms with E-state index in [2.05, 4.69) is 23.5 Å². The van der Waals surface area contributed by atoms with E-state index in [4.69, 9.17) is 33.0 Å². The number of halogens is 2. The third-order valence-electron chi connectivity index (χ3n) is 4.74. The zero-order valence-electron chi connectivity index (χ0n) is 15.8. The summed E-state index contributed by atoms with van der Waals surface area (Å²) in [4.78, 5) is 0. The summed E-state index contributed by atoms with van der Waals surface area (Å²) in [6.07, 6.45) is 2.91. The summed E-state index contributed by atoms with van der Waals surface area (Å²) in [6, 6.07) is 17.9. The van der Waals surface area contributed by atoms with Crippen LogP contribution < -0.4 is 10.1 Å². The number of ether oxygens (including phenoxy) is 1. The molecule has 3 aromatic rings. The molecule has 0 amide bonds. The molecule has 148 valence electrons. The van der Waals surface area contributed by atoms with Crippen LogP contribution in [0.2, 0.25) is 10.0 Å². The van der Waals surface area contributed by atoms with Gasteiger partial charge < -0.3 is 15.2 Å².